The van der Waals surface area contributed by atoms with Crippen molar-refractivity contribution in [2.75, 3.05) is 13.3 Å². The second kappa shape index (κ2) is 3.34. The molecule has 0 fully saturated rings. The largest absolute Gasteiger partial charge is 0.473 e. The molecule has 0 aliphatic rings. The maximum atomic E-state index is 11.8. The number of aromatic nitrogens is 4. The van der Waals surface area contributed by atoms with Gasteiger partial charge in [-0.15, -0.1) is 0 Å². The minimum atomic E-state index is -0.542. The molecule has 0 aliphatic heterocycles. The summed E-state index contributed by atoms with van der Waals surface area (Å²) < 4.78 is 16.8. The first-order chi connectivity index (χ1) is 6.42. The summed E-state index contributed by atoms with van der Waals surface area (Å²) in [5, 5.41) is 0. The fourth-order valence-corrected chi connectivity index (χ4v) is 0.988. The van der Waals surface area contributed by atoms with Crippen molar-refractivity contribution in [1.82, 2.24) is 19.9 Å². The molecular weight excluding hydrogens is 175 g/mol. The van der Waals surface area contributed by atoms with Crippen molar-refractivity contribution < 1.29 is 9.13 Å². The summed E-state index contributed by atoms with van der Waals surface area (Å²) in [7, 11) is 0. The van der Waals surface area contributed by atoms with Crippen molar-refractivity contribution in [2.45, 2.75) is 0 Å². The second-order valence-electron chi connectivity index (χ2n) is 2.32. The number of imidazole rings is 1. The highest BCUT2D eigenvalue weighted by Crippen LogP contribution is 2.16. The quantitative estimate of drug-likeness (QED) is 0.758. The average molecular weight is 182 g/mol. The lowest BCUT2D eigenvalue weighted by Crippen LogP contribution is -2.01. The van der Waals surface area contributed by atoms with E-state index in [1.54, 1.807) is 0 Å². The molecule has 0 atom stereocenters. The zero-order valence-electron chi connectivity index (χ0n) is 6.70. The third kappa shape index (κ3) is 1.42. The Morgan fingerprint density at radius 3 is 3.15 bits per heavy atom. The monoisotopic (exact) mass is 182 g/mol. The van der Waals surface area contributed by atoms with Crippen molar-refractivity contribution >= 4 is 11.2 Å². The van der Waals surface area contributed by atoms with Gasteiger partial charge in [0.25, 0.3) is 0 Å². The number of aromatic amines is 1. The molecule has 68 valence electrons. The first-order valence-corrected chi connectivity index (χ1v) is 3.74. The maximum absolute atomic E-state index is 11.8. The van der Waals surface area contributed by atoms with Crippen molar-refractivity contribution in [3.8, 4) is 5.88 Å². The third-order valence-electron chi connectivity index (χ3n) is 1.50. The van der Waals surface area contributed by atoms with E-state index in [-0.39, 0.29) is 6.61 Å². The van der Waals surface area contributed by atoms with Crippen molar-refractivity contribution in [2.24, 2.45) is 0 Å². The topological polar surface area (TPSA) is 63.7 Å². The molecule has 6 heteroatoms. The van der Waals surface area contributed by atoms with Gasteiger partial charge in [0.15, 0.2) is 5.65 Å². The molecule has 0 amide bonds. The molecular formula is C7H7FN4O. The number of alkyl halides is 1. The van der Waals surface area contributed by atoms with Crippen LogP contribution in [0.4, 0.5) is 4.39 Å². The highest BCUT2D eigenvalue weighted by Gasteiger charge is 2.05. The predicted molar refractivity (Wildman–Crippen MR) is 43.2 cm³/mol. The third-order valence-corrected chi connectivity index (χ3v) is 1.50. The summed E-state index contributed by atoms with van der Waals surface area (Å²) in [4.78, 5) is 14.4. The van der Waals surface area contributed by atoms with Gasteiger partial charge >= 0.3 is 0 Å². The first kappa shape index (κ1) is 7.90. The molecule has 1 N–H and O–H groups in total. The molecule has 2 aromatic rings. The van der Waals surface area contributed by atoms with Crippen LogP contribution < -0.4 is 4.74 Å². The van der Waals surface area contributed by atoms with Gasteiger partial charge in [0.2, 0.25) is 5.88 Å². The molecule has 0 unspecified atom stereocenters. The van der Waals surface area contributed by atoms with Crippen LogP contribution in [0.3, 0.4) is 0 Å². The van der Waals surface area contributed by atoms with Gasteiger partial charge in [-0.3, -0.25) is 0 Å². The highest BCUT2D eigenvalue weighted by atomic mass is 19.1. The van der Waals surface area contributed by atoms with Gasteiger partial charge < -0.3 is 9.72 Å². The Bertz CT molecular complexity index is 402. The molecule has 2 aromatic heterocycles. The summed E-state index contributed by atoms with van der Waals surface area (Å²) in [6.07, 6.45) is 2.82. The highest BCUT2D eigenvalue weighted by molar-refractivity contribution is 5.74. The molecule has 13 heavy (non-hydrogen) atoms. The Labute approximate surface area is 73.0 Å². The Kier molecular flexibility index (Phi) is 2.03. The van der Waals surface area contributed by atoms with E-state index in [0.29, 0.717) is 17.0 Å². The van der Waals surface area contributed by atoms with Crippen LogP contribution in [0.5, 0.6) is 5.88 Å². The van der Waals surface area contributed by atoms with E-state index in [2.05, 4.69) is 19.9 Å². The Hall–Kier alpha value is -1.72. The Morgan fingerprint density at radius 1 is 1.38 bits per heavy atom. The summed E-state index contributed by atoms with van der Waals surface area (Å²) in [5.41, 5.74) is 1.11. The molecule has 0 saturated carbocycles. The first-order valence-electron chi connectivity index (χ1n) is 3.74. The summed E-state index contributed by atoms with van der Waals surface area (Å²) in [5.74, 6) is 0.333. The minimum Gasteiger partial charge on any atom is -0.473 e. The minimum absolute atomic E-state index is 0.00880. The number of nitrogens with one attached hydrogen (secondary N) is 1. The lowest BCUT2D eigenvalue weighted by molar-refractivity contribution is 0.267. The van der Waals surface area contributed by atoms with Gasteiger partial charge in [0, 0.05) is 0 Å². The summed E-state index contributed by atoms with van der Waals surface area (Å²) >= 11 is 0. The molecule has 5 nitrogen and oxygen atoms in total. The van der Waals surface area contributed by atoms with Gasteiger partial charge in [-0.25, -0.2) is 14.4 Å². The van der Waals surface area contributed by atoms with E-state index < -0.39 is 6.67 Å². The zero-order valence-corrected chi connectivity index (χ0v) is 6.70. The number of fused-ring (bicyclic) bond motifs is 1. The van der Waals surface area contributed by atoms with Gasteiger partial charge in [0.1, 0.15) is 25.1 Å². The number of H-pyrrole nitrogens is 1. The predicted octanol–water partition coefficient (Wildman–Crippen LogP) is 0.701. The molecule has 2 heterocycles. The molecule has 2 rings (SSSR count). The number of ether oxygens (including phenoxy) is 1. The standard InChI is InChI=1S/C7H7FN4O/c8-1-2-13-7-5-6(10-3-9-5)11-4-12-7/h3-4H,1-2H2,(H,9,10,11,12). The lowest BCUT2D eigenvalue weighted by atomic mass is 10.5. The number of hydrogen-bond acceptors (Lipinski definition) is 4. The van der Waals surface area contributed by atoms with E-state index >= 15 is 0 Å². The van der Waals surface area contributed by atoms with E-state index in [4.69, 9.17) is 4.74 Å². The van der Waals surface area contributed by atoms with Crippen LogP contribution >= 0.6 is 0 Å². The fourth-order valence-electron chi connectivity index (χ4n) is 0.988. The van der Waals surface area contributed by atoms with E-state index in [9.17, 15) is 4.39 Å². The van der Waals surface area contributed by atoms with Gasteiger partial charge in [-0.05, 0) is 0 Å². The van der Waals surface area contributed by atoms with Gasteiger partial charge in [-0.2, -0.15) is 4.98 Å². The fraction of sp³-hybridized carbons (Fsp3) is 0.286. The van der Waals surface area contributed by atoms with Crippen LogP contribution in [0.2, 0.25) is 0 Å². The normalized spacial score (nSPS) is 10.5. The number of rotatable bonds is 3. The van der Waals surface area contributed by atoms with Crippen LogP contribution in [0.25, 0.3) is 11.2 Å². The Morgan fingerprint density at radius 2 is 2.31 bits per heavy atom. The van der Waals surface area contributed by atoms with E-state index in [1.807, 2.05) is 0 Å². The lowest BCUT2D eigenvalue weighted by Gasteiger charge is -2.01. The van der Waals surface area contributed by atoms with Crippen LogP contribution in [0.15, 0.2) is 12.7 Å². The number of hydrogen-bond donors (Lipinski definition) is 1. The molecule has 0 bridgehead atoms. The van der Waals surface area contributed by atoms with Gasteiger partial charge in [0.05, 0.1) is 6.33 Å². The molecule has 0 spiro atoms. The summed E-state index contributed by atoms with van der Waals surface area (Å²) in [6.45, 7) is -0.551. The zero-order chi connectivity index (χ0) is 9.10. The van der Waals surface area contributed by atoms with Crippen molar-refractivity contribution in [3.63, 3.8) is 0 Å². The number of nitrogens with zero attached hydrogens (tertiary/aromatic N) is 3. The van der Waals surface area contributed by atoms with E-state index in [0.717, 1.165) is 0 Å². The average Bonchev–Trinajstić information content (AvgIpc) is 2.62. The smallest absolute Gasteiger partial charge is 0.243 e. The molecule has 0 radical (unpaired) electrons. The van der Waals surface area contributed by atoms with Crippen LogP contribution in [0, 0.1) is 0 Å². The maximum Gasteiger partial charge on any atom is 0.243 e. The van der Waals surface area contributed by atoms with Gasteiger partial charge in [-0.1, -0.05) is 0 Å². The van der Waals surface area contributed by atoms with Crippen molar-refractivity contribution in [3.05, 3.63) is 12.7 Å². The SMILES string of the molecule is FCCOc1ncnc2nc[nH]c12. The van der Waals surface area contributed by atoms with Crippen molar-refractivity contribution in [1.29, 1.82) is 0 Å². The Balaban J connectivity index is 2.37. The van der Waals surface area contributed by atoms with Crippen LogP contribution in [0.1, 0.15) is 0 Å². The molecule has 0 aromatic carbocycles. The van der Waals surface area contributed by atoms with Crippen LogP contribution in [-0.4, -0.2) is 33.2 Å². The van der Waals surface area contributed by atoms with E-state index in [1.165, 1.54) is 12.7 Å². The number of halogens is 1. The second-order valence-corrected chi connectivity index (χ2v) is 2.32. The van der Waals surface area contributed by atoms with Crippen LogP contribution in [-0.2, 0) is 0 Å². The molecule has 0 aliphatic carbocycles. The summed E-state index contributed by atoms with van der Waals surface area (Å²) in [6, 6.07) is 0. The molecule has 0 saturated heterocycles.